The summed E-state index contributed by atoms with van der Waals surface area (Å²) in [6.07, 6.45) is 3.44. The average molecular weight is 330 g/mol. The fourth-order valence-corrected chi connectivity index (χ4v) is 2.23. The van der Waals surface area contributed by atoms with E-state index in [4.69, 9.17) is 0 Å². The number of halogens is 1. The van der Waals surface area contributed by atoms with Gasteiger partial charge in [-0.25, -0.2) is 0 Å². The molecule has 0 bridgehead atoms. The Balaban J connectivity index is 1.99. The van der Waals surface area contributed by atoms with Crippen LogP contribution in [0.3, 0.4) is 0 Å². The van der Waals surface area contributed by atoms with Crippen LogP contribution in [0.4, 0.5) is 0 Å². The first-order chi connectivity index (χ1) is 9.66. The molecule has 0 aliphatic rings. The van der Waals surface area contributed by atoms with Crippen LogP contribution in [0.1, 0.15) is 11.1 Å². The minimum atomic E-state index is -0.00962. The molecule has 0 aliphatic heterocycles. The van der Waals surface area contributed by atoms with Crippen LogP contribution in [-0.2, 0) is 11.3 Å². The van der Waals surface area contributed by atoms with Crippen molar-refractivity contribution >= 4 is 27.9 Å². The number of rotatable bonds is 4. The molecular weight excluding hydrogens is 314 g/mol. The summed E-state index contributed by atoms with van der Waals surface area (Å²) in [5.74, 6) is -0.00962. The smallest absolute Gasteiger partial charge is 0.246 e. The number of carbonyl (C=O) groups excluding carboxylic acids is 1. The summed E-state index contributed by atoms with van der Waals surface area (Å²) in [4.78, 5) is 13.7. The van der Waals surface area contributed by atoms with Crippen molar-refractivity contribution in [2.45, 2.75) is 6.54 Å². The normalized spacial score (nSPS) is 10.7. The van der Waals surface area contributed by atoms with E-state index in [1.165, 1.54) is 0 Å². The first-order valence-electron chi connectivity index (χ1n) is 6.38. The van der Waals surface area contributed by atoms with Crippen LogP contribution in [0.25, 0.3) is 6.08 Å². The van der Waals surface area contributed by atoms with E-state index in [9.17, 15) is 4.79 Å². The Hall–Kier alpha value is -1.87. The molecule has 0 spiro atoms. The molecule has 2 aromatic carbocycles. The summed E-state index contributed by atoms with van der Waals surface area (Å²) >= 11 is 3.49. The number of hydrogen-bond acceptors (Lipinski definition) is 1. The molecule has 2 nitrogen and oxygen atoms in total. The third-order valence-electron chi connectivity index (χ3n) is 2.96. The van der Waals surface area contributed by atoms with Crippen molar-refractivity contribution in [2.75, 3.05) is 7.05 Å². The lowest BCUT2D eigenvalue weighted by molar-refractivity contribution is -0.125. The van der Waals surface area contributed by atoms with Crippen molar-refractivity contribution in [1.29, 1.82) is 0 Å². The van der Waals surface area contributed by atoms with E-state index in [2.05, 4.69) is 15.9 Å². The molecule has 0 atom stereocenters. The van der Waals surface area contributed by atoms with Gasteiger partial charge in [0, 0.05) is 24.1 Å². The van der Waals surface area contributed by atoms with E-state index in [0.717, 1.165) is 15.6 Å². The largest absolute Gasteiger partial charge is 0.338 e. The molecule has 0 aromatic heterocycles. The van der Waals surface area contributed by atoms with Gasteiger partial charge in [-0.15, -0.1) is 0 Å². The number of amides is 1. The molecule has 0 fully saturated rings. The standard InChI is InChI=1S/C17H16BrNO/c1-19(13-15-9-5-6-10-16(15)18)17(20)12-11-14-7-3-2-4-8-14/h2-12H,13H2,1H3/b12-11+. The van der Waals surface area contributed by atoms with Crippen LogP contribution < -0.4 is 0 Å². The zero-order valence-corrected chi connectivity index (χ0v) is 12.9. The van der Waals surface area contributed by atoms with E-state index in [0.29, 0.717) is 6.54 Å². The highest BCUT2D eigenvalue weighted by Crippen LogP contribution is 2.17. The molecule has 0 radical (unpaired) electrons. The maximum atomic E-state index is 12.1. The Morgan fingerprint density at radius 3 is 2.45 bits per heavy atom. The summed E-state index contributed by atoms with van der Waals surface area (Å²) in [6, 6.07) is 17.7. The van der Waals surface area contributed by atoms with Crippen molar-refractivity contribution in [3.05, 3.63) is 76.3 Å². The molecule has 0 N–H and O–H groups in total. The SMILES string of the molecule is CN(Cc1ccccc1Br)C(=O)/C=C/c1ccccc1. The van der Waals surface area contributed by atoms with Crippen molar-refractivity contribution in [3.8, 4) is 0 Å². The Bertz CT molecular complexity index is 607. The molecule has 102 valence electrons. The first-order valence-corrected chi connectivity index (χ1v) is 7.18. The molecule has 0 unspecified atom stereocenters. The molecule has 0 saturated heterocycles. The molecule has 20 heavy (non-hydrogen) atoms. The van der Waals surface area contributed by atoms with Crippen molar-refractivity contribution in [3.63, 3.8) is 0 Å². The van der Waals surface area contributed by atoms with Gasteiger partial charge in [-0.2, -0.15) is 0 Å². The van der Waals surface area contributed by atoms with Gasteiger partial charge in [0.25, 0.3) is 0 Å². The fraction of sp³-hybridized carbons (Fsp3) is 0.118. The molecule has 2 rings (SSSR count). The van der Waals surface area contributed by atoms with E-state index in [1.807, 2.05) is 60.7 Å². The molecule has 1 amide bonds. The minimum absolute atomic E-state index is 0.00962. The number of benzene rings is 2. The summed E-state index contributed by atoms with van der Waals surface area (Å²) in [5, 5.41) is 0. The number of likely N-dealkylation sites (N-methyl/N-ethyl adjacent to an activating group) is 1. The number of nitrogens with zero attached hydrogens (tertiary/aromatic N) is 1. The predicted molar refractivity (Wildman–Crippen MR) is 86.1 cm³/mol. The van der Waals surface area contributed by atoms with Gasteiger partial charge in [0.05, 0.1) is 0 Å². The Labute approximate surface area is 127 Å². The van der Waals surface area contributed by atoms with Crippen molar-refractivity contribution in [1.82, 2.24) is 4.90 Å². The van der Waals surface area contributed by atoms with Gasteiger partial charge in [-0.3, -0.25) is 4.79 Å². The second-order valence-corrected chi connectivity index (χ2v) is 5.38. The monoisotopic (exact) mass is 329 g/mol. The van der Waals surface area contributed by atoms with Crippen LogP contribution >= 0.6 is 15.9 Å². The molecule has 0 aliphatic carbocycles. The quantitative estimate of drug-likeness (QED) is 0.772. The highest BCUT2D eigenvalue weighted by molar-refractivity contribution is 9.10. The molecule has 3 heteroatoms. The predicted octanol–water partition coefficient (Wildman–Crippen LogP) is 4.12. The highest BCUT2D eigenvalue weighted by Gasteiger charge is 2.07. The third-order valence-corrected chi connectivity index (χ3v) is 3.73. The lowest BCUT2D eigenvalue weighted by Crippen LogP contribution is -2.24. The van der Waals surface area contributed by atoms with Crippen LogP contribution in [0.2, 0.25) is 0 Å². The molecule has 0 heterocycles. The Morgan fingerprint density at radius 2 is 1.75 bits per heavy atom. The van der Waals surface area contributed by atoms with Gasteiger partial charge in [0.15, 0.2) is 0 Å². The van der Waals surface area contributed by atoms with Crippen LogP contribution in [0.5, 0.6) is 0 Å². The third kappa shape index (κ3) is 4.07. The van der Waals surface area contributed by atoms with Gasteiger partial charge < -0.3 is 4.90 Å². The fourth-order valence-electron chi connectivity index (χ4n) is 1.82. The van der Waals surface area contributed by atoms with E-state index in [-0.39, 0.29) is 5.91 Å². The maximum Gasteiger partial charge on any atom is 0.246 e. The summed E-state index contributed by atoms with van der Waals surface area (Å²) in [5.41, 5.74) is 2.12. The molecule has 2 aromatic rings. The zero-order chi connectivity index (χ0) is 14.4. The Morgan fingerprint density at radius 1 is 1.10 bits per heavy atom. The van der Waals surface area contributed by atoms with Gasteiger partial charge in [-0.1, -0.05) is 64.5 Å². The highest BCUT2D eigenvalue weighted by atomic mass is 79.9. The van der Waals surface area contributed by atoms with Crippen LogP contribution in [0, 0.1) is 0 Å². The molecule has 0 saturated carbocycles. The second kappa shape index (κ2) is 7.06. The van der Waals surface area contributed by atoms with Crippen molar-refractivity contribution in [2.24, 2.45) is 0 Å². The molecular formula is C17H16BrNO. The summed E-state index contributed by atoms with van der Waals surface area (Å²) in [7, 11) is 1.80. The van der Waals surface area contributed by atoms with Gasteiger partial charge >= 0.3 is 0 Å². The lowest BCUT2D eigenvalue weighted by atomic mass is 10.2. The lowest BCUT2D eigenvalue weighted by Gasteiger charge is -2.16. The number of hydrogen-bond donors (Lipinski definition) is 0. The number of carbonyl (C=O) groups is 1. The first kappa shape index (κ1) is 14.5. The van der Waals surface area contributed by atoms with E-state index in [1.54, 1.807) is 18.0 Å². The van der Waals surface area contributed by atoms with Gasteiger partial charge in [0.2, 0.25) is 5.91 Å². The maximum absolute atomic E-state index is 12.1. The zero-order valence-electron chi connectivity index (χ0n) is 11.3. The van der Waals surface area contributed by atoms with Crippen LogP contribution in [0.15, 0.2) is 65.1 Å². The van der Waals surface area contributed by atoms with Crippen molar-refractivity contribution < 1.29 is 4.79 Å². The average Bonchev–Trinajstić information content (AvgIpc) is 2.48. The topological polar surface area (TPSA) is 20.3 Å². The van der Waals surface area contributed by atoms with Gasteiger partial charge in [-0.05, 0) is 23.3 Å². The van der Waals surface area contributed by atoms with E-state index < -0.39 is 0 Å². The summed E-state index contributed by atoms with van der Waals surface area (Å²) in [6.45, 7) is 0.583. The second-order valence-electron chi connectivity index (χ2n) is 4.53. The summed E-state index contributed by atoms with van der Waals surface area (Å²) < 4.78 is 1.02. The minimum Gasteiger partial charge on any atom is -0.338 e. The Kier molecular flexibility index (Phi) is 5.13. The van der Waals surface area contributed by atoms with Gasteiger partial charge in [0.1, 0.15) is 0 Å². The van der Waals surface area contributed by atoms with E-state index >= 15 is 0 Å². The van der Waals surface area contributed by atoms with Crippen LogP contribution in [-0.4, -0.2) is 17.9 Å².